The highest BCUT2D eigenvalue weighted by Crippen LogP contribution is 2.47. The van der Waals surface area contributed by atoms with Gasteiger partial charge in [-0.3, -0.25) is 4.79 Å². The van der Waals surface area contributed by atoms with Crippen LogP contribution in [0.5, 0.6) is 11.5 Å². The number of carbonyl (C=O) groups excluding carboxylic acids is 1. The molecule has 0 saturated carbocycles. The number of allylic oxidation sites excluding steroid dienone is 3. The summed E-state index contributed by atoms with van der Waals surface area (Å²) in [5.74, 6) is 0.742. The lowest BCUT2D eigenvalue weighted by atomic mass is 9.77. The number of hydrogen-bond acceptors (Lipinski definition) is 6. The minimum Gasteiger partial charge on any atom is -0.493 e. The number of methoxy groups -OCH3 is 1. The molecule has 0 unspecified atom stereocenters. The summed E-state index contributed by atoms with van der Waals surface area (Å²) in [5.41, 5.74) is 8.14. The van der Waals surface area contributed by atoms with Gasteiger partial charge >= 0.3 is 0 Å². The lowest BCUT2D eigenvalue weighted by Gasteiger charge is -2.31. The van der Waals surface area contributed by atoms with Crippen LogP contribution in [0.25, 0.3) is 0 Å². The zero-order valence-corrected chi connectivity index (χ0v) is 20.7. The van der Waals surface area contributed by atoms with Gasteiger partial charge in [-0.25, -0.2) is 0 Å². The first-order valence-corrected chi connectivity index (χ1v) is 11.7. The number of nitrogens with two attached hydrogens (primary N) is 1. The predicted molar refractivity (Wildman–Crippen MR) is 128 cm³/mol. The first kappa shape index (κ1) is 23.5. The molecule has 2 aromatic carbocycles. The summed E-state index contributed by atoms with van der Waals surface area (Å²) in [4.78, 5) is 12.8. The molecule has 2 aliphatic rings. The van der Waals surface area contributed by atoms with Crippen LogP contribution in [0.1, 0.15) is 36.3 Å². The normalized spacial score (nSPS) is 17.9. The molecule has 1 atom stereocenters. The van der Waals surface area contributed by atoms with Gasteiger partial charge in [0.05, 0.1) is 17.5 Å². The highest BCUT2D eigenvalue weighted by molar-refractivity contribution is 9.10. The fraction of sp³-hybridized carbons (Fsp3) is 0.250. The summed E-state index contributed by atoms with van der Waals surface area (Å²) in [6, 6.07) is 10.8. The van der Waals surface area contributed by atoms with Crippen molar-refractivity contribution in [2.75, 3.05) is 7.11 Å². The van der Waals surface area contributed by atoms with E-state index in [0.717, 1.165) is 5.56 Å². The van der Waals surface area contributed by atoms with Gasteiger partial charge in [-0.15, -0.1) is 0 Å². The van der Waals surface area contributed by atoms with Crippen molar-refractivity contribution >= 4 is 44.9 Å². The van der Waals surface area contributed by atoms with Gasteiger partial charge in [-0.05, 0) is 52.2 Å². The van der Waals surface area contributed by atoms with Gasteiger partial charge in [0, 0.05) is 34.0 Å². The Bertz CT molecular complexity index is 1250. The molecule has 0 spiro atoms. The van der Waals surface area contributed by atoms with Crippen LogP contribution in [0.4, 0.5) is 0 Å². The van der Waals surface area contributed by atoms with Gasteiger partial charge in [0.15, 0.2) is 17.3 Å². The Labute approximate surface area is 209 Å². The monoisotopic (exact) mass is 548 g/mol. The lowest BCUT2D eigenvalue weighted by Crippen LogP contribution is -2.27. The smallest absolute Gasteiger partial charge is 0.205 e. The maximum atomic E-state index is 12.8. The molecule has 0 saturated heterocycles. The van der Waals surface area contributed by atoms with Crippen LogP contribution in [0.3, 0.4) is 0 Å². The molecule has 2 N–H and O–H groups in total. The molecule has 1 aliphatic heterocycles. The molecule has 6 nitrogen and oxygen atoms in total. The van der Waals surface area contributed by atoms with Crippen LogP contribution in [0.2, 0.25) is 10.0 Å². The molecule has 0 aromatic heterocycles. The molecule has 0 bridgehead atoms. The van der Waals surface area contributed by atoms with Crippen LogP contribution < -0.4 is 15.2 Å². The molecule has 0 fully saturated rings. The van der Waals surface area contributed by atoms with Crippen molar-refractivity contribution in [2.45, 2.75) is 31.8 Å². The molecule has 1 heterocycles. The van der Waals surface area contributed by atoms with Gasteiger partial charge in [0.25, 0.3) is 0 Å². The van der Waals surface area contributed by atoms with Crippen LogP contribution in [-0.2, 0) is 16.1 Å². The third kappa shape index (κ3) is 4.56. The molecule has 4 rings (SSSR count). The van der Waals surface area contributed by atoms with Crippen molar-refractivity contribution in [3.8, 4) is 17.6 Å². The first-order chi connectivity index (χ1) is 15.8. The second-order valence-electron chi connectivity index (χ2n) is 7.60. The van der Waals surface area contributed by atoms with Crippen LogP contribution in [0, 0.1) is 11.3 Å². The molecule has 0 radical (unpaired) electrons. The molecule has 2 aromatic rings. The van der Waals surface area contributed by atoms with Crippen molar-refractivity contribution in [3.63, 3.8) is 0 Å². The van der Waals surface area contributed by atoms with Crippen LogP contribution in [-0.4, -0.2) is 12.9 Å². The number of ether oxygens (including phenoxy) is 3. The summed E-state index contributed by atoms with van der Waals surface area (Å²) >= 11 is 15.8. The van der Waals surface area contributed by atoms with Crippen LogP contribution >= 0.6 is 39.1 Å². The SMILES string of the molecule is COc1cc([C@H]2C(C#N)=C(N)OC3=C2C(=O)CCC3)cc(Br)c1OCc1ccc(Cl)cc1Cl. The zero-order valence-electron chi connectivity index (χ0n) is 17.6. The van der Waals surface area contributed by atoms with E-state index in [1.54, 1.807) is 30.3 Å². The third-order valence-electron chi connectivity index (χ3n) is 5.58. The number of hydrogen-bond donors (Lipinski definition) is 1. The molecule has 1 aliphatic carbocycles. The molecule has 33 heavy (non-hydrogen) atoms. The van der Waals surface area contributed by atoms with E-state index in [1.807, 2.05) is 0 Å². The van der Waals surface area contributed by atoms with E-state index in [2.05, 4.69) is 22.0 Å². The Balaban J connectivity index is 1.73. The maximum absolute atomic E-state index is 12.8. The summed E-state index contributed by atoms with van der Waals surface area (Å²) in [7, 11) is 1.52. The topological polar surface area (TPSA) is 94.6 Å². The van der Waals surface area contributed by atoms with Crippen molar-refractivity contribution in [1.29, 1.82) is 5.26 Å². The number of Topliss-reactive ketones (excluding diaryl/α,β-unsaturated/α-hetero) is 1. The first-order valence-electron chi connectivity index (χ1n) is 10.1. The van der Waals surface area contributed by atoms with E-state index >= 15 is 0 Å². The van der Waals surface area contributed by atoms with Gasteiger partial charge in [-0.2, -0.15) is 5.26 Å². The van der Waals surface area contributed by atoms with Gasteiger partial charge in [0.2, 0.25) is 5.88 Å². The largest absolute Gasteiger partial charge is 0.493 e. The minimum absolute atomic E-state index is 0.0174. The summed E-state index contributed by atoms with van der Waals surface area (Å²) in [6.45, 7) is 0.186. The Morgan fingerprint density at radius 3 is 2.76 bits per heavy atom. The van der Waals surface area contributed by atoms with E-state index < -0.39 is 5.92 Å². The van der Waals surface area contributed by atoms with Crippen molar-refractivity contribution in [1.82, 2.24) is 0 Å². The molecule has 0 amide bonds. The Morgan fingerprint density at radius 1 is 1.27 bits per heavy atom. The van der Waals surface area contributed by atoms with Crippen molar-refractivity contribution < 1.29 is 19.0 Å². The van der Waals surface area contributed by atoms with Gasteiger partial charge < -0.3 is 19.9 Å². The quantitative estimate of drug-likeness (QED) is 0.480. The number of halogens is 3. The standard InChI is InChI=1S/C24H19BrCl2N2O4/c1-31-20-8-13(7-16(25)23(20)32-11-12-5-6-14(26)9-17(12)27)21-15(10-28)24(29)33-19-4-2-3-18(30)22(19)21/h5-9,21H,2-4,11,29H2,1H3/t21-/m0/s1. The Morgan fingerprint density at radius 2 is 2.06 bits per heavy atom. The summed E-state index contributed by atoms with van der Waals surface area (Å²) in [5, 5.41) is 10.8. The Kier molecular flexibility index (Phi) is 6.89. The molecular formula is C24H19BrCl2N2O4. The number of nitrogens with zero attached hydrogens (tertiary/aromatic N) is 1. The Hall–Kier alpha value is -2.66. The highest BCUT2D eigenvalue weighted by Gasteiger charge is 2.38. The molecule has 9 heteroatoms. The predicted octanol–water partition coefficient (Wildman–Crippen LogP) is 6.16. The van der Waals surface area contributed by atoms with E-state index in [9.17, 15) is 10.1 Å². The lowest BCUT2D eigenvalue weighted by molar-refractivity contribution is -0.116. The van der Waals surface area contributed by atoms with Gasteiger partial charge in [-0.1, -0.05) is 29.3 Å². The number of rotatable bonds is 5. The van der Waals surface area contributed by atoms with E-state index in [-0.39, 0.29) is 23.8 Å². The third-order valence-corrected chi connectivity index (χ3v) is 6.75. The molecule has 170 valence electrons. The fourth-order valence-corrected chi connectivity index (χ4v) is 5.06. The van der Waals surface area contributed by atoms with Crippen molar-refractivity contribution in [3.05, 3.63) is 78.8 Å². The number of carbonyl (C=O) groups is 1. The second kappa shape index (κ2) is 9.68. The average molecular weight is 550 g/mol. The zero-order chi connectivity index (χ0) is 23.7. The summed E-state index contributed by atoms with van der Waals surface area (Å²) in [6.07, 6.45) is 1.68. The van der Waals surface area contributed by atoms with Gasteiger partial charge in [0.1, 0.15) is 24.0 Å². The number of benzene rings is 2. The molecular weight excluding hydrogens is 531 g/mol. The highest BCUT2D eigenvalue weighted by atomic mass is 79.9. The minimum atomic E-state index is -0.642. The fourth-order valence-electron chi connectivity index (χ4n) is 4.02. The summed E-state index contributed by atoms with van der Waals surface area (Å²) < 4.78 is 17.8. The maximum Gasteiger partial charge on any atom is 0.205 e. The van der Waals surface area contributed by atoms with Crippen LogP contribution in [0.15, 0.2) is 57.6 Å². The number of nitriles is 1. The number of ketones is 1. The van der Waals surface area contributed by atoms with E-state index in [4.69, 9.17) is 43.1 Å². The van der Waals surface area contributed by atoms with E-state index in [1.165, 1.54) is 7.11 Å². The average Bonchev–Trinajstić information content (AvgIpc) is 2.78. The van der Waals surface area contributed by atoms with Crippen molar-refractivity contribution in [2.24, 2.45) is 5.73 Å². The second-order valence-corrected chi connectivity index (χ2v) is 9.29. The van der Waals surface area contributed by atoms with E-state index in [0.29, 0.717) is 62.2 Å².